The van der Waals surface area contributed by atoms with Gasteiger partial charge in [-0.3, -0.25) is 0 Å². The fourth-order valence-corrected chi connectivity index (χ4v) is 6.21. The second kappa shape index (κ2) is 8.91. The summed E-state index contributed by atoms with van der Waals surface area (Å²) in [5, 5.41) is 11.0. The molecule has 1 aliphatic rings. The van der Waals surface area contributed by atoms with E-state index in [1.54, 1.807) is 6.07 Å². The lowest BCUT2D eigenvalue weighted by Gasteiger charge is -2.18. The minimum Gasteiger partial charge on any atom is -0.492 e. The van der Waals surface area contributed by atoms with Gasteiger partial charge in [0.1, 0.15) is 10.6 Å². The van der Waals surface area contributed by atoms with E-state index >= 15 is 0 Å². The molecule has 0 unspecified atom stereocenters. The van der Waals surface area contributed by atoms with Crippen LogP contribution >= 0.6 is 0 Å². The van der Waals surface area contributed by atoms with Gasteiger partial charge in [0, 0.05) is 29.6 Å². The molecule has 0 bridgehead atoms. The van der Waals surface area contributed by atoms with Crippen molar-refractivity contribution in [1.29, 1.82) is 0 Å². The van der Waals surface area contributed by atoms with Crippen molar-refractivity contribution in [2.24, 2.45) is 0 Å². The van der Waals surface area contributed by atoms with Crippen molar-refractivity contribution in [3.05, 3.63) is 83.0 Å². The Morgan fingerprint density at radius 2 is 1.79 bits per heavy atom. The minimum absolute atomic E-state index is 0.119. The molecule has 0 fully saturated rings. The number of aromatic amines is 1. The Bertz CT molecular complexity index is 1450. The lowest BCUT2D eigenvalue weighted by atomic mass is 9.98. The van der Waals surface area contributed by atoms with E-state index in [0.717, 1.165) is 44.3 Å². The third kappa shape index (κ3) is 4.34. The molecule has 3 N–H and O–H groups in total. The monoisotopic (exact) mass is 476 g/mol. The van der Waals surface area contributed by atoms with Gasteiger partial charge in [-0.2, -0.15) is 0 Å². The Hall–Kier alpha value is -3.13. The van der Waals surface area contributed by atoms with E-state index in [1.807, 2.05) is 50.4 Å². The molecule has 0 saturated heterocycles. The maximum Gasteiger partial charge on any atom is 0.244 e. The molecule has 176 valence electrons. The molecule has 2 heterocycles. The molecule has 0 radical (unpaired) electrons. The van der Waals surface area contributed by atoms with Crippen LogP contribution in [-0.4, -0.2) is 37.8 Å². The van der Waals surface area contributed by atoms with Crippen molar-refractivity contribution in [3.63, 3.8) is 0 Å². The normalized spacial score (nSPS) is 14.2. The van der Waals surface area contributed by atoms with Crippen molar-refractivity contribution < 1.29 is 18.3 Å². The summed E-state index contributed by atoms with van der Waals surface area (Å²) in [6.07, 6.45) is 2.89. The highest BCUT2D eigenvalue weighted by atomic mass is 32.2. The Morgan fingerprint density at radius 3 is 2.56 bits per heavy atom. The van der Waals surface area contributed by atoms with E-state index in [4.69, 9.17) is 4.74 Å². The summed E-state index contributed by atoms with van der Waals surface area (Å²) in [5.41, 5.74) is 6.86. The number of aryl methyl sites for hydroxylation is 2. The number of para-hydroxylation sites is 1. The van der Waals surface area contributed by atoms with Gasteiger partial charge in [-0.25, -0.2) is 13.1 Å². The number of H-pyrrole nitrogens is 1. The van der Waals surface area contributed by atoms with Crippen LogP contribution in [0, 0.1) is 13.8 Å². The molecule has 4 aromatic rings. The summed E-state index contributed by atoms with van der Waals surface area (Å²) < 4.78 is 35.6. The molecule has 0 amide bonds. The van der Waals surface area contributed by atoms with Crippen LogP contribution in [0.4, 0.5) is 0 Å². The molecular weight excluding hydrogens is 448 g/mol. The largest absolute Gasteiger partial charge is 0.492 e. The number of aliphatic hydroxyl groups is 1. The third-order valence-electron chi connectivity index (χ3n) is 6.28. The molecule has 0 aliphatic carbocycles. The Morgan fingerprint density at radius 1 is 1.06 bits per heavy atom. The number of sulfonamides is 1. The first-order valence-corrected chi connectivity index (χ1v) is 12.9. The van der Waals surface area contributed by atoms with Crippen LogP contribution in [-0.2, 0) is 22.9 Å². The van der Waals surface area contributed by atoms with E-state index in [-0.39, 0.29) is 11.5 Å². The highest BCUT2D eigenvalue weighted by Crippen LogP contribution is 2.38. The molecule has 1 atom stereocenters. The molecule has 1 aliphatic heterocycles. The van der Waals surface area contributed by atoms with Crippen molar-refractivity contribution in [3.8, 4) is 16.9 Å². The van der Waals surface area contributed by atoms with Crippen LogP contribution < -0.4 is 9.46 Å². The quantitative estimate of drug-likeness (QED) is 0.372. The first kappa shape index (κ1) is 22.7. The topological polar surface area (TPSA) is 91.4 Å². The van der Waals surface area contributed by atoms with Crippen LogP contribution in [0.3, 0.4) is 0 Å². The maximum absolute atomic E-state index is 13.6. The molecule has 3 aromatic carbocycles. The van der Waals surface area contributed by atoms with Gasteiger partial charge in [0.05, 0.1) is 13.2 Å². The van der Waals surface area contributed by atoms with Crippen molar-refractivity contribution in [2.75, 3.05) is 13.2 Å². The Balaban J connectivity index is 1.49. The van der Waals surface area contributed by atoms with E-state index < -0.39 is 16.1 Å². The smallest absolute Gasteiger partial charge is 0.244 e. The Kier molecular flexibility index (Phi) is 5.93. The summed E-state index contributed by atoms with van der Waals surface area (Å²) in [4.78, 5) is 3.32. The van der Waals surface area contributed by atoms with Gasteiger partial charge in [0.15, 0.2) is 0 Å². The maximum atomic E-state index is 13.6. The predicted molar refractivity (Wildman–Crippen MR) is 134 cm³/mol. The molecule has 34 heavy (non-hydrogen) atoms. The highest BCUT2D eigenvalue weighted by Gasteiger charge is 2.29. The van der Waals surface area contributed by atoms with Crippen LogP contribution in [0.2, 0.25) is 0 Å². The van der Waals surface area contributed by atoms with Gasteiger partial charge < -0.3 is 14.8 Å². The van der Waals surface area contributed by atoms with E-state index in [9.17, 15) is 13.5 Å². The number of benzene rings is 3. The van der Waals surface area contributed by atoms with Crippen molar-refractivity contribution in [2.45, 2.75) is 37.6 Å². The lowest BCUT2D eigenvalue weighted by molar-refractivity contribution is 0.256. The zero-order valence-corrected chi connectivity index (χ0v) is 20.1. The average molecular weight is 477 g/mol. The SMILES string of the molecule is Cc1cc(C)cc(-c2cc3c(c(S(=O)(=O)N[C@@H](CO)Cc4c[nH]c5ccccc45)c2)OCC3)c1. The van der Waals surface area contributed by atoms with Gasteiger partial charge in [-0.15, -0.1) is 0 Å². The number of hydrogen-bond donors (Lipinski definition) is 3. The predicted octanol–water partition coefficient (Wildman–Crippen LogP) is 4.27. The first-order chi connectivity index (χ1) is 16.3. The fraction of sp³-hybridized carbons (Fsp3) is 0.259. The third-order valence-corrected chi connectivity index (χ3v) is 7.80. The van der Waals surface area contributed by atoms with Crippen LogP contribution in [0.1, 0.15) is 22.3 Å². The average Bonchev–Trinajstić information content (AvgIpc) is 3.44. The van der Waals surface area contributed by atoms with Crippen molar-refractivity contribution in [1.82, 2.24) is 9.71 Å². The summed E-state index contributed by atoms with van der Waals surface area (Å²) in [6.45, 7) is 4.19. The van der Waals surface area contributed by atoms with Crippen LogP contribution in [0.5, 0.6) is 5.75 Å². The highest BCUT2D eigenvalue weighted by molar-refractivity contribution is 7.89. The summed E-state index contributed by atoms with van der Waals surface area (Å²) in [5.74, 6) is 0.407. The molecular formula is C27H28N2O4S. The van der Waals surface area contributed by atoms with E-state index in [0.29, 0.717) is 25.2 Å². The second-order valence-electron chi connectivity index (χ2n) is 9.00. The number of rotatable bonds is 7. The molecule has 0 saturated carbocycles. The molecule has 6 nitrogen and oxygen atoms in total. The standard InChI is InChI=1S/C27H28N2O4S/c1-17-9-18(2)11-20(10-17)21-12-19-7-8-33-27(19)26(14-21)34(31,32)29-23(16-30)13-22-15-28-25-6-4-3-5-24(22)25/h3-6,9-12,14-15,23,28-30H,7-8,13,16H2,1-2H3/t23-/m1/s1. The van der Waals surface area contributed by atoms with Crippen LogP contribution in [0.25, 0.3) is 22.0 Å². The minimum atomic E-state index is -3.95. The number of nitrogens with one attached hydrogen (secondary N) is 2. The number of ether oxygens (including phenoxy) is 1. The van der Waals surface area contributed by atoms with Crippen molar-refractivity contribution >= 4 is 20.9 Å². The van der Waals surface area contributed by atoms with E-state index in [2.05, 4.69) is 27.9 Å². The summed E-state index contributed by atoms with van der Waals surface area (Å²) >= 11 is 0. The van der Waals surface area contributed by atoms with Gasteiger partial charge in [0.25, 0.3) is 0 Å². The number of aromatic nitrogens is 1. The number of hydrogen-bond acceptors (Lipinski definition) is 4. The van der Waals surface area contributed by atoms with Gasteiger partial charge in [-0.05, 0) is 60.7 Å². The molecule has 0 spiro atoms. The van der Waals surface area contributed by atoms with Gasteiger partial charge in [-0.1, -0.05) is 47.5 Å². The molecule has 1 aromatic heterocycles. The summed E-state index contributed by atoms with van der Waals surface area (Å²) in [7, 11) is -3.95. The lowest BCUT2D eigenvalue weighted by Crippen LogP contribution is -2.39. The molecule has 5 rings (SSSR count). The number of fused-ring (bicyclic) bond motifs is 2. The molecule has 7 heteroatoms. The van der Waals surface area contributed by atoms with Crippen LogP contribution in [0.15, 0.2) is 65.7 Å². The number of aliphatic hydroxyl groups excluding tert-OH is 1. The summed E-state index contributed by atoms with van der Waals surface area (Å²) in [6, 6.07) is 17.1. The fourth-order valence-electron chi connectivity index (χ4n) is 4.77. The second-order valence-corrected chi connectivity index (χ2v) is 10.7. The van der Waals surface area contributed by atoms with Gasteiger partial charge >= 0.3 is 0 Å². The van der Waals surface area contributed by atoms with Gasteiger partial charge in [0.2, 0.25) is 10.0 Å². The zero-order chi connectivity index (χ0) is 23.9. The Labute approximate surface area is 199 Å². The first-order valence-electron chi connectivity index (χ1n) is 11.4. The van der Waals surface area contributed by atoms with E-state index in [1.165, 1.54) is 0 Å². The zero-order valence-electron chi connectivity index (χ0n) is 19.3.